The first-order valence-corrected chi connectivity index (χ1v) is 5.68. The molecule has 0 saturated carbocycles. The fourth-order valence-corrected chi connectivity index (χ4v) is 1.93. The van der Waals surface area contributed by atoms with E-state index in [1.54, 1.807) is 5.48 Å². The molecule has 1 aliphatic heterocycles. The summed E-state index contributed by atoms with van der Waals surface area (Å²) in [7, 11) is 0. The lowest BCUT2D eigenvalue weighted by Gasteiger charge is -2.42. The van der Waals surface area contributed by atoms with Gasteiger partial charge in [-0.15, -0.1) is 12.4 Å². The first kappa shape index (κ1) is 18.5. The Labute approximate surface area is 116 Å². The summed E-state index contributed by atoms with van der Waals surface area (Å²) in [6, 6.07) is -0.574. The number of carbonyl (C=O) groups is 1. The number of rotatable bonds is 5. The molecule has 10 heteroatoms. The molecule has 1 amide bonds. The Morgan fingerprint density at radius 1 is 1.42 bits per heavy atom. The van der Waals surface area contributed by atoms with E-state index < -0.39 is 30.6 Å². The van der Waals surface area contributed by atoms with E-state index in [9.17, 15) is 20.1 Å². The molecule has 0 aliphatic carbocycles. The fraction of sp³-hybridized carbons (Fsp3) is 0.889. The topological polar surface area (TPSA) is 151 Å². The second-order valence-electron chi connectivity index (χ2n) is 4.19. The molecule has 0 aromatic heterocycles. The van der Waals surface area contributed by atoms with Crippen LogP contribution in [-0.4, -0.2) is 69.1 Å². The zero-order chi connectivity index (χ0) is 13.7. The van der Waals surface area contributed by atoms with Crippen LogP contribution in [0.25, 0.3) is 0 Å². The van der Waals surface area contributed by atoms with Gasteiger partial charge in [-0.25, -0.2) is 4.90 Å². The molecule has 9 nitrogen and oxygen atoms in total. The Kier molecular flexibility index (Phi) is 8.38. The van der Waals surface area contributed by atoms with Crippen molar-refractivity contribution in [2.75, 3.05) is 13.1 Å². The Morgan fingerprint density at radius 3 is 2.58 bits per heavy atom. The van der Waals surface area contributed by atoms with Gasteiger partial charge >= 0.3 is 0 Å². The number of aliphatic hydroxyl groups excluding tert-OH is 3. The molecule has 114 valence electrons. The third kappa shape index (κ3) is 5.16. The van der Waals surface area contributed by atoms with Gasteiger partial charge in [0.25, 0.3) is 0 Å². The molecule has 0 spiro atoms. The summed E-state index contributed by atoms with van der Waals surface area (Å²) in [5, 5.41) is 39.9. The number of carbonyl (C=O) groups excluding carboxylic acids is 1. The third-order valence-electron chi connectivity index (χ3n) is 2.88. The van der Waals surface area contributed by atoms with Gasteiger partial charge in [-0.1, -0.05) is 0 Å². The number of nitrogens with zero attached hydrogens (tertiary/aromatic N) is 1. The van der Waals surface area contributed by atoms with E-state index in [0.29, 0.717) is 12.8 Å². The highest BCUT2D eigenvalue weighted by Crippen LogP contribution is 2.20. The number of halogens is 1. The van der Waals surface area contributed by atoms with Crippen molar-refractivity contribution >= 4 is 18.3 Å². The molecule has 0 unspecified atom stereocenters. The summed E-state index contributed by atoms with van der Waals surface area (Å²) >= 11 is 0. The quantitative estimate of drug-likeness (QED) is 0.208. The summed E-state index contributed by atoms with van der Waals surface area (Å²) in [5.41, 5.74) is 6.76. The molecule has 19 heavy (non-hydrogen) atoms. The van der Waals surface area contributed by atoms with Crippen molar-refractivity contribution in [3.8, 4) is 0 Å². The highest BCUT2D eigenvalue weighted by Gasteiger charge is 2.36. The van der Waals surface area contributed by atoms with Crippen LogP contribution in [0, 0.1) is 0 Å². The van der Waals surface area contributed by atoms with Gasteiger partial charge in [-0.2, -0.15) is 5.48 Å². The lowest BCUT2D eigenvalue weighted by molar-refractivity contribution is -0.167. The second-order valence-corrected chi connectivity index (χ2v) is 4.19. The number of β-amino-alcohol motifs (C(OH)–C–C–N with tert-alkyl or cyclic N) is 1. The predicted octanol–water partition coefficient (Wildman–Crippen LogP) is -3.12. The molecule has 4 atom stereocenters. The molecule has 0 radical (unpaired) electrons. The minimum atomic E-state index is -1.31. The molecular weight excluding hydrogens is 280 g/mol. The van der Waals surface area contributed by atoms with E-state index >= 15 is 0 Å². The largest absolute Gasteiger partial charge is 0.378 e. The molecule has 1 aliphatic rings. The summed E-state index contributed by atoms with van der Waals surface area (Å²) < 4.78 is 0. The van der Waals surface area contributed by atoms with Gasteiger partial charge in [-0.3, -0.25) is 4.79 Å². The molecule has 1 fully saturated rings. The molecule has 8 N–H and O–H groups in total. The monoisotopic (exact) mass is 300 g/mol. The van der Waals surface area contributed by atoms with Crippen molar-refractivity contribution in [1.82, 2.24) is 15.7 Å². The van der Waals surface area contributed by atoms with E-state index in [4.69, 9.17) is 10.9 Å². The van der Waals surface area contributed by atoms with Crippen LogP contribution < -0.4 is 16.5 Å². The zero-order valence-corrected chi connectivity index (χ0v) is 11.1. The lowest BCUT2D eigenvalue weighted by Crippen LogP contribution is -2.61. The SMILES string of the molecule is Cl.NCC(=O)N[C@H]1CC[C@H](O)N(C[C@H](O)NO)[C@H]1O. The van der Waals surface area contributed by atoms with E-state index in [1.807, 2.05) is 0 Å². The maximum atomic E-state index is 11.2. The smallest absolute Gasteiger partial charge is 0.234 e. The van der Waals surface area contributed by atoms with E-state index in [0.717, 1.165) is 0 Å². The van der Waals surface area contributed by atoms with Crippen molar-refractivity contribution in [2.45, 2.75) is 37.6 Å². The van der Waals surface area contributed by atoms with Gasteiger partial charge in [-0.05, 0) is 12.8 Å². The second kappa shape index (κ2) is 8.61. The van der Waals surface area contributed by atoms with Crippen LogP contribution in [0.3, 0.4) is 0 Å². The molecule has 1 rings (SSSR count). The Hall–Kier alpha value is -0.520. The first-order chi connectivity index (χ1) is 8.49. The normalized spacial score (nSPS) is 29.4. The van der Waals surface area contributed by atoms with Crippen molar-refractivity contribution in [3.05, 3.63) is 0 Å². The van der Waals surface area contributed by atoms with Crippen molar-refractivity contribution in [3.63, 3.8) is 0 Å². The first-order valence-electron chi connectivity index (χ1n) is 5.68. The van der Waals surface area contributed by atoms with E-state index in [2.05, 4.69) is 5.32 Å². The molecule has 0 bridgehead atoms. The minimum absolute atomic E-state index is 0. The van der Waals surface area contributed by atoms with Crippen LogP contribution in [0.15, 0.2) is 0 Å². The van der Waals surface area contributed by atoms with Gasteiger partial charge in [0.2, 0.25) is 5.91 Å². The Bertz CT molecular complexity index is 285. The highest BCUT2D eigenvalue weighted by atomic mass is 35.5. The maximum absolute atomic E-state index is 11.2. The number of hydrogen-bond donors (Lipinski definition) is 7. The van der Waals surface area contributed by atoms with Crippen LogP contribution in [0.5, 0.6) is 0 Å². The van der Waals surface area contributed by atoms with E-state index in [1.165, 1.54) is 4.90 Å². The van der Waals surface area contributed by atoms with Gasteiger partial charge in [0, 0.05) is 6.54 Å². The van der Waals surface area contributed by atoms with Crippen LogP contribution in [0.4, 0.5) is 0 Å². The summed E-state index contributed by atoms with van der Waals surface area (Å²) in [4.78, 5) is 12.3. The molecule has 1 saturated heterocycles. The number of nitrogens with one attached hydrogen (secondary N) is 2. The number of amides is 1. The molecule has 0 aromatic carbocycles. The third-order valence-corrected chi connectivity index (χ3v) is 2.88. The van der Waals surface area contributed by atoms with E-state index in [-0.39, 0.29) is 25.5 Å². The number of piperidine rings is 1. The summed E-state index contributed by atoms with van der Waals surface area (Å²) in [6.45, 7) is -0.375. The Balaban J connectivity index is 0.00000324. The van der Waals surface area contributed by atoms with Crippen LogP contribution in [-0.2, 0) is 4.79 Å². The van der Waals surface area contributed by atoms with Gasteiger partial charge in [0.15, 0.2) is 0 Å². The highest BCUT2D eigenvalue weighted by molar-refractivity contribution is 5.85. The Morgan fingerprint density at radius 2 is 2.05 bits per heavy atom. The fourth-order valence-electron chi connectivity index (χ4n) is 1.93. The summed E-state index contributed by atoms with van der Waals surface area (Å²) in [5.74, 6) is -0.406. The zero-order valence-electron chi connectivity index (χ0n) is 10.3. The van der Waals surface area contributed by atoms with Gasteiger partial charge < -0.3 is 31.6 Å². The van der Waals surface area contributed by atoms with Crippen LogP contribution in [0.1, 0.15) is 12.8 Å². The number of hydroxylamine groups is 1. The molecular formula is C9H21ClN4O5. The number of nitrogens with two attached hydrogens (primary N) is 1. The van der Waals surface area contributed by atoms with Crippen molar-refractivity contribution in [2.24, 2.45) is 5.73 Å². The van der Waals surface area contributed by atoms with Gasteiger partial charge in [0.05, 0.1) is 12.6 Å². The van der Waals surface area contributed by atoms with Crippen molar-refractivity contribution in [1.29, 1.82) is 0 Å². The minimum Gasteiger partial charge on any atom is -0.378 e. The van der Waals surface area contributed by atoms with Crippen LogP contribution in [0.2, 0.25) is 0 Å². The van der Waals surface area contributed by atoms with Crippen LogP contribution >= 0.6 is 12.4 Å². The average Bonchev–Trinajstić information content (AvgIpc) is 2.37. The maximum Gasteiger partial charge on any atom is 0.234 e. The lowest BCUT2D eigenvalue weighted by atomic mass is 10.0. The number of likely N-dealkylation sites (tertiary alicyclic amines) is 1. The number of aliphatic hydroxyl groups is 3. The predicted molar refractivity (Wildman–Crippen MR) is 67.1 cm³/mol. The average molecular weight is 301 g/mol. The van der Waals surface area contributed by atoms with Crippen molar-refractivity contribution < 1.29 is 25.3 Å². The number of hydrogen-bond acceptors (Lipinski definition) is 8. The standard InChI is InChI=1S/C9H20N4O5.ClH/c10-3-6(14)11-5-1-2-8(16)13(9(5)17)4-7(15)12-18;/h5,7-9,12,15-18H,1-4,10H2,(H,11,14);1H/t5-,7-,8-,9-;/m0./s1. The van der Waals surface area contributed by atoms with Gasteiger partial charge in [0.1, 0.15) is 18.7 Å². The molecule has 0 aromatic rings. The molecule has 1 heterocycles. The summed E-state index contributed by atoms with van der Waals surface area (Å²) in [6.07, 6.45) is -2.70.